The minimum atomic E-state index is -0.669. The molecule has 1 aromatic rings. The second-order valence-electron chi connectivity index (χ2n) is 3.46. The Morgan fingerprint density at radius 2 is 1.94 bits per heavy atom. The fourth-order valence-corrected chi connectivity index (χ4v) is 1.29. The van der Waals surface area contributed by atoms with Gasteiger partial charge >= 0.3 is 5.97 Å². The first-order valence-electron chi connectivity index (χ1n) is 5.38. The van der Waals surface area contributed by atoms with Crippen molar-refractivity contribution in [3.8, 4) is 0 Å². The van der Waals surface area contributed by atoms with Crippen molar-refractivity contribution in [3.05, 3.63) is 42.0 Å². The Kier molecular flexibility index (Phi) is 4.94. The fourth-order valence-electron chi connectivity index (χ4n) is 1.29. The topological polar surface area (TPSA) is 69.4 Å². The van der Waals surface area contributed by atoms with Crippen LogP contribution in [0.2, 0.25) is 0 Å². The van der Waals surface area contributed by atoms with Crippen LogP contribution >= 0.6 is 0 Å². The number of hydrogen-bond donors (Lipinski definition) is 1. The summed E-state index contributed by atoms with van der Waals surface area (Å²) in [6.07, 6.45) is 1.82. The first-order valence-corrected chi connectivity index (χ1v) is 5.38. The van der Waals surface area contributed by atoms with E-state index in [-0.39, 0.29) is 5.57 Å². The second-order valence-corrected chi connectivity index (χ2v) is 3.46. The molecule has 0 aliphatic heterocycles. The molecule has 0 saturated heterocycles. The third kappa shape index (κ3) is 4.10. The first kappa shape index (κ1) is 13.0. The Morgan fingerprint density at radius 1 is 1.29 bits per heavy atom. The van der Waals surface area contributed by atoms with E-state index in [0.29, 0.717) is 12.2 Å². The van der Waals surface area contributed by atoms with E-state index in [1.165, 1.54) is 0 Å². The summed E-state index contributed by atoms with van der Waals surface area (Å²) >= 11 is 0. The molecule has 0 heterocycles. The molecule has 4 heteroatoms. The summed E-state index contributed by atoms with van der Waals surface area (Å²) in [5.74, 6) is -1.20. The molecule has 0 fully saturated rings. The maximum atomic E-state index is 11.7. The van der Waals surface area contributed by atoms with Crippen LogP contribution in [0.4, 0.5) is 0 Å². The monoisotopic (exact) mass is 233 g/mol. The molecule has 4 nitrogen and oxygen atoms in total. The van der Waals surface area contributed by atoms with Crippen LogP contribution in [-0.4, -0.2) is 18.5 Å². The van der Waals surface area contributed by atoms with Crippen molar-refractivity contribution in [1.82, 2.24) is 0 Å². The van der Waals surface area contributed by atoms with Crippen molar-refractivity contribution in [1.29, 1.82) is 0 Å². The van der Waals surface area contributed by atoms with Gasteiger partial charge in [0.15, 0.2) is 0 Å². The van der Waals surface area contributed by atoms with Crippen LogP contribution in [0.5, 0.6) is 0 Å². The van der Waals surface area contributed by atoms with Crippen molar-refractivity contribution in [2.24, 2.45) is 5.73 Å². The molecule has 1 aromatic carbocycles. The molecule has 0 aliphatic carbocycles. The summed E-state index contributed by atoms with van der Waals surface area (Å²) in [5.41, 5.74) is 5.88. The summed E-state index contributed by atoms with van der Waals surface area (Å²) in [6, 6.07) is 8.82. The maximum absolute atomic E-state index is 11.7. The molecule has 0 saturated carbocycles. The summed E-state index contributed by atoms with van der Waals surface area (Å²) in [5, 5.41) is 0. The number of hydrogen-bond acceptors (Lipinski definition) is 3. The van der Waals surface area contributed by atoms with Crippen molar-refractivity contribution in [3.63, 3.8) is 0 Å². The highest BCUT2D eigenvalue weighted by Gasteiger charge is 2.13. The second kappa shape index (κ2) is 6.48. The summed E-state index contributed by atoms with van der Waals surface area (Å²) < 4.78 is 4.99. The molecule has 0 atom stereocenters. The largest absolute Gasteiger partial charge is 0.462 e. The zero-order valence-electron chi connectivity index (χ0n) is 9.68. The molecule has 0 radical (unpaired) electrons. The van der Waals surface area contributed by atoms with Crippen LogP contribution in [0, 0.1) is 0 Å². The van der Waals surface area contributed by atoms with Crippen molar-refractivity contribution in [2.45, 2.75) is 13.3 Å². The molecule has 90 valence electrons. The SMILES string of the molecule is CCCOC(=O)/C(=C\C(N)=O)c1ccccc1. The molecule has 2 N–H and O–H groups in total. The van der Waals surface area contributed by atoms with Crippen molar-refractivity contribution >= 4 is 17.4 Å². The minimum absolute atomic E-state index is 0.187. The lowest BCUT2D eigenvalue weighted by atomic mass is 10.1. The normalized spacial score (nSPS) is 11.0. The highest BCUT2D eigenvalue weighted by atomic mass is 16.5. The predicted molar refractivity (Wildman–Crippen MR) is 64.9 cm³/mol. The molecule has 0 aliphatic rings. The van der Waals surface area contributed by atoms with Gasteiger partial charge in [-0.15, -0.1) is 0 Å². The third-order valence-electron chi connectivity index (χ3n) is 2.03. The van der Waals surface area contributed by atoms with Gasteiger partial charge in [-0.1, -0.05) is 37.3 Å². The van der Waals surface area contributed by atoms with Gasteiger partial charge in [0.2, 0.25) is 5.91 Å². The number of esters is 1. The minimum Gasteiger partial charge on any atom is -0.462 e. The first-order chi connectivity index (χ1) is 8.15. The molecule has 17 heavy (non-hydrogen) atoms. The Morgan fingerprint density at radius 3 is 2.47 bits per heavy atom. The number of ether oxygens (including phenoxy) is 1. The number of primary amides is 1. The molecular formula is C13H15NO3. The summed E-state index contributed by atoms with van der Waals surface area (Å²) in [7, 11) is 0. The maximum Gasteiger partial charge on any atom is 0.338 e. The summed E-state index contributed by atoms with van der Waals surface area (Å²) in [6.45, 7) is 2.22. The molecule has 0 unspecified atom stereocenters. The van der Waals surface area contributed by atoms with Gasteiger partial charge < -0.3 is 10.5 Å². The fraction of sp³-hybridized carbons (Fsp3) is 0.231. The lowest BCUT2D eigenvalue weighted by Gasteiger charge is -2.07. The Hall–Kier alpha value is -2.10. The molecule has 1 rings (SSSR count). The van der Waals surface area contributed by atoms with Gasteiger partial charge in [0, 0.05) is 6.08 Å². The number of amides is 1. The smallest absolute Gasteiger partial charge is 0.338 e. The Balaban J connectivity index is 2.97. The zero-order valence-corrected chi connectivity index (χ0v) is 9.68. The number of nitrogens with two attached hydrogens (primary N) is 1. The van der Waals surface area contributed by atoms with E-state index < -0.39 is 11.9 Å². The van der Waals surface area contributed by atoms with Gasteiger partial charge in [0.05, 0.1) is 12.2 Å². The van der Waals surface area contributed by atoms with E-state index in [0.717, 1.165) is 12.5 Å². The van der Waals surface area contributed by atoms with Gasteiger partial charge in [-0.3, -0.25) is 4.79 Å². The highest BCUT2D eigenvalue weighted by molar-refractivity contribution is 6.20. The predicted octanol–water partition coefficient (Wildman–Crippen LogP) is 1.51. The van der Waals surface area contributed by atoms with Gasteiger partial charge in [0.1, 0.15) is 0 Å². The molecule has 0 spiro atoms. The van der Waals surface area contributed by atoms with Crippen LogP contribution in [0.1, 0.15) is 18.9 Å². The van der Waals surface area contributed by atoms with Crippen LogP contribution in [0.3, 0.4) is 0 Å². The standard InChI is InChI=1S/C13H15NO3/c1-2-8-17-13(16)11(9-12(14)15)10-6-4-3-5-7-10/h3-7,9H,2,8H2,1H3,(H2,14,15)/b11-9-. The van der Waals surface area contributed by atoms with Gasteiger partial charge in [-0.2, -0.15) is 0 Å². The number of carbonyl (C=O) groups is 2. The van der Waals surface area contributed by atoms with E-state index in [9.17, 15) is 9.59 Å². The number of benzene rings is 1. The van der Waals surface area contributed by atoms with E-state index >= 15 is 0 Å². The van der Waals surface area contributed by atoms with Crippen LogP contribution in [0.15, 0.2) is 36.4 Å². The molecule has 1 amide bonds. The van der Waals surface area contributed by atoms with E-state index in [4.69, 9.17) is 10.5 Å². The lowest BCUT2D eigenvalue weighted by molar-refractivity contribution is -0.136. The average Bonchev–Trinajstić information content (AvgIpc) is 2.34. The summed E-state index contributed by atoms with van der Waals surface area (Å²) in [4.78, 5) is 22.6. The number of carbonyl (C=O) groups excluding carboxylic acids is 2. The lowest BCUT2D eigenvalue weighted by Crippen LogP contribution is -2.13. The Bertz CT molecular complexity index is 424. The van der Waals surface area contributed by atoms with Gasteiger partial charge in [0.25, 0.3) is 0 Å². The van der Waals surface area contributed by atoms with Gasteiger partial charge in [-0.05, 0) is 12.0 Å². The van der Waals surface area contributed by atoms with E-state index in [2.05, 4.69) is 0 Å². The molecular weight excluding hydrogens is 218 g/mol. The molecule has 0 aromatic heterocycles. The molecule has 0 bridgehead atoms. The average molecular weight is 233 g/mol. The van der Waals surface area contributed by atoms with E-state index in [1.807, 2.05) is 13.0 Å². The van der Waals surface area contributed by atoms with Crippen LogP contribution < -0.4 is 5.73 Å². The third-order valence-corrected chi connectivity index (χ3v) is 2.03. The van der Waals surface area contributed by atoms with Crippen LogP contribution in [-0.2, 0) is 14.3 Å². The van der Waals surface area contributed by atoms with E-state index in [1.54, 1.807) is 24.3 Å². The zero-order chi connectivity index (χ0) is 12.7. The van der Waals surface area contributed by atoms with Gasteiger partial charge in [-0.25, -0.2) is 4.79 Å². The highest BCUT2D eigenvalue weighted by Crippen LogP contribution is 2.15. The quantitative estimate of drug-likeness (QED) is 0.619. The van der Waals surface area contributed by atoms with Crippen LogP contribution in [0.25, 0.3) is 5.57 Å². The Labute approximate surface area is 100 Å². The van der Waals surface area contributed by atoms with Crippen molar-refractivity contribution in [2.75, 3.05) is 6.61 Å². The number of rotatable bonds is 5. The van der Waals surface area contributed by atoms with Crippen molar-refractivity contribution < 1.29 is 14.3 Å².